The molecule has 30 heteroatoms. The minimum Gasteiger partial charge on any atom is -0.611 e. The van der Waals surface area contributed by atoms with Crippen molar-refractivity contribution in [2.24, 2.45) is 29.4 Å². The van der Waals surface area contributed by atoms with Crippen LogP contribution in [0.3, 0.4) is 0 Å². The molecule has 11 atom stereocenters. The van der Waals surface area contributed by atoms with Crippen LogP contribution in [0.1, 0.15) is 165 Å². The predicted octanol–water partition coefficient (Wildman–Crippen LogP) is 10.0. The highest BCUT2D eigenvalue weighted by Crippen LogP contribution is 2.35. The number of ketones is 2. The van der Waals surface area contributed by atoms with E-state index in [1.165, 1.54) is 4.90 Å². The number of hydrogen-bond acceptors (Lipinski definition) is 25. The van der Waals surface area contributed by atoms with Gasteiger partial charge in [0.2, 0.25) is 11.7 Å². The second-order valence-electron chi connectivity index (χ2n) is 32.2. The van der Waals surface area contributed by atoms with E-state index in [-0.39, 0.29) is 111 Å². The number of Topliss-reactive ketones (excluding diaryl/α,β-unsaturated/α-hetero) is 2. The predicted molar refractivity (Wildman–Crippen MR) is 459 cm³/mol. The summed E-state index contributed by atoms with van der Waals surface area (Å²) < 4.78 is 88.3. The van der Waals surface area contributed by atoms with Crippen LogP contribution in [0.25, 0.3) is 11.1 Å². The van der Waals surface area contributed by atoms with Crippen molar-refractivity contribution in [1.29, 1.82) is 0 Å². The van der Waals surface area contributed by atoms with Crippen molar-refractivity contribution in [1.82, 2.24) is 25.4 Å². The third kappa shape index (κ3) is 35.6. The Morgan fingerprint density at radius 3 is 2.00 bits per heavy atom. The quantitative estimate of drug-likeness (QED) is 0.0117. The number of pyridine rings is 1. The number of aliphatic hydroxyl groups is 1. The average Bonchev–Trinajstić information content (AvgIpc) is 1.35. The number of amides is 4. The Morgan fingerprint density at radius 1 is 0.686 bits per heavy atom. The summed E-state index contributed by atoms with van der Waals surface area (Å²) >= 11 is -1.40. The fraction of sp³-hybridized carbons (Fsp3) is 0.648. The summed E-state index contributed by atoms with van der Waals surface area (Å²) in [6.07, 6.45) is 18.5. The minimum atomic E-state index is -1.40. The second kappa shape index (κ2) is 55.0. The number of nitrogens with two attached hydrogens (primary N) is 2. The number of rotatable bonds is 38. The summed E-state index contributed by atoms with van der Waals surface area (Å²) in [5.41, 5.74) is 18.5. The molecule has 2 saturated heterocycles. The van der Waals surface area contributed by atoms with Gasteiger partial charge in [0.05, 0.1) is 137 Å². The number of nitrogen functional groups attached to an aromatic ring is 1. The summed E-state index contributed by atoms with van der Waals surface area (Å²) in [7, 11) is 1.64. The van der Waals surface area contributed by atoms with Crippen LogP contribution in [0.5, 0.6) is 5.75 Å². The van der Waals surface area contributed by atoms with Crippen LogP contribution in [-0.4, -0.2) is 266 Å². The molecule has 1 aromatic heterocycles. The van der Waals surface area contributed by atoms with Gasteiger partial charge in [0, 0.05) is 80.9 Å². The number of carbonyl (C=O) groups excluding carboxylic acids is 7. The first kappa shape index (κ1) is 98.9. The SMILES string of the molecule is CO[C@H]1C[C@@H]2CCCC(O2)C(=O)C(=O)N2CCCC[C@H]2C(=O)O[C@H]([C@H](N)CC2CCC(OC(=O)NCCOCCOCCOCCOCCOCCOCCOCCOCCC(=O)NCC[S+]([O-])c3ccc(C(=O)N4CCOc5ccc(-c6ccc(N)nc6)cc5C4)c(C)c3)CC2)CC[C@H](C)/C=C(\C)[C@@H](O)CC(=O)[C@H](C)C[C@H](C)/C=C/C=C/C=C/1C. The molecule has 3 aromatic rings. The summed E-state index contributed by atoms with van der Waals surface area (Å²) in [5, 5.41) is 16.8. The van der Waals surface area contributed by atoms with E-state index < -0.39 is 65.3 Å². The number of allylic oxidation sites excluding steroid dienone is 6. The molecule has 3 fully saturated rings. The number of fused-ring (bicyclic) bond motifs is 4. The van der Waals surface area contributed by atoms with Crippen LogP contribution >= 0.6 is 0 Å². The first-order chi connectivity index (χ1) is 58.5. The van der Waals surface area contributed by atoms with Gasteiger partial charge in [-0.15, -0.1) is 0 Å². The lowest BCUT2D eigenvalue weighted by atomic mass is 9.82. The van der Waals surface area contributed by atoms with Crippen molar-refractivity contribution < 1.29 is 105 Å². The Morgan fingerprint density at radius 2 is 1.35 bits per heavy atom. The van der Waals surface area contributed by atoms with E-state index in [0.717, 1.165) is 40.9 Å². The normalized spacial score (nSPS) is 25.4. The van der Waals surface area contributed by atoms with Gasteiger partial charge in [0.1, 0.15) is 54.1 Å². The van der Waals surface area contributed by atoms with E-state index in [4.69, 9.17) is 73.0 Å². The molecule has 5 aliphatic rings. The Hall–Kier alpha value is -7.53. The molecule has 0 spiro atoms. The van der Waals surface area contributed by atoms with Crippen molar-refractivity contribution in [2.45, 2.75) is 211 Å². The second-order valence-corrected chi connectivity index (χ2v) is 33.8. The third-order valence-electron chi connectivity index (χ3n) is 22.6. The van der Waals surface area contributed by atoms with Crippen molar-refractivity contribution in [3.8, 4) is 16.9 Å². The monoisotopic (exact) mass is 1710 g/mol. The molecule has 8 rings (SSSR count). The molecule has 672 valence electrons. The number of aliphatic hydroxyl groups excluding tert-OH is 1. The largest absolute Gasteiger partial charge is 0.611 e. The molecule has 29 nitrogen and oxygen atoms in total. The summed E-state index contributed by atoms with van der Waals surface area (Å²) in [4.78, 5) is 103. The number of methoxy groups -OCH3 is 1. The van der Waals surface area contributed by atoms with Gasteiger partial charge in [0.25, 0.3) is 11.8 Å². The van der Waals surface area contributed by atoms with E-state index in [1.807, 2.05) is 89.3 Å². The van der Waals surface area contributed by atoms with Crippen LogP contribution in [0.2, 0.25) is 0 Å². The van der Waals surface area contributed by atoms with Crippen molar-refractivity contribution in [3.05, 3.63) is 119 Å². The first-order valence-corrected chi connectivity index (χ1v) is 44.8. The van der Waals surface area contributed by atoms with Gasteiger partial charge in [-0.05, 0) is 204 Å². The highest BCUT2D eigenvalue weighted by Gasteiger charge is 2.42. The maximum atomic E-state index is 14.5. The van der Waals surface area contributed by atoms with E-state index in [0.29, 0.717) is 223 Å². The number of anilines is 1. The average molecular weight is 1710 g/mol. The molecule has 1 aliphatic carbocycles. The number of piperidine rings is 1. The summed E-state index contributed by atoms with van der Waals surface area (Å²) in [6.45, 7) is 19.3. The molecule has 2 unspecified atom stereocenters. The van der Waals surface area contributed by atoms with Crippen LogP contribution in [-0.2, 0) is 98.5 Å². The molecular formula is C91H135N7O22S. The summed E-state index contributed by atoms with van der Waals surface area (Å²) in [6, 6.07) is 13.2. The number of nitrogens with one attached hydrogen (secondary N) is 2. The van der Waals surface area contributed by atoms with Crippen molar-refractivity contribution >= 4 is 58.3 Å². The summed E-state index contributed by atoms with van der Waals surface area (Å²) in [5.74, 6) is -1.03. The van der Waals surface area contributed by atoms with E-state index in [1.54, 1.807) is 42.5 Å². The molecule has 0 radical (unpaired) electrons. The third-order valence-corrected chi connectivity index (χ3v) is 23.9. The molecule has 5 heterocycles. The number of esters is 1. The molecule has 1 saturated carbocycles. The number of aryl methyl sites for hydroxylation is 1. The van der Waals surface area contributed by atoms with E-state index in [9.17, 15) is 43.2 Å². The van der Waals surface area contributed by atoms with Crippen LogP contribution in [0.15, 0.2) is 107 Å². The Bertz CT molecular complexity index is 3780. The molecular weight excluding hydrogens is 1580 g/mol. The first-order valence-electron chi connectivity index (χ1n) is 43.5. The number of alkyl carbamates (subject to hydrolysis) is 1. The van der Waals surface area contributed by atoms with Gasteiger partial charge >= 0.3 is 12.1 Å². The fourth-order valence-electron chi connectivity index (χ4n) is 15.5. The fourth-order valence-corrected chi connectivity index (χ4v) is 16.6. The highest BCUT2D eigenvalue weighted by atomic mass is 32.2. The Labute approximate surface area is 718 Å². The molecule has 7 N–H and O–H groups in total. The number of benzene rings is 2. The zero-order valence-corrected chi connectivity index (χ0v) is 73.1. The Kier molecular flexibility index (Phi) is 44.9. The van der Waals surface area contributed by atoms with Gasteiger partial charge in [0.15, 0.2) is 4.90 Å². The lowest BCUT2D eigenvalue weighted by molar-refractivity contribution is -0.167. The maximum absolute atomic E-state index is 14.5. The maximum Gasteiger partial charge on any atom is 0.407 e. The highest BCUT2D eigenvalue weighted by molar-refractivity contribution is 7.91. The lowest BCUT2D eigenvalue weighted by Gasteiger charge is -2.37. The zero-order valence-electron chi connectivity index (χ0n) is 72.3. The number of ether oxygens (including phenoxy) is 13. The molecule has 4 aliphatic heterocycles. The number of hydrogen-bond donors (Lipinski definition) is 5. The molecule has 2 bridgehead atoms. The van der Waals surface area contributed by atoms with Gasteiger partial charge in [-0.1, -0.05) is 63.3 Å². The van der Waals surface area contributed by atoms with Crippen molar-refractivity contribution in [2.75, 3.05) is 157 Å². The van der Waals surface area contributed by atoms with Gasteiger partial charge < -0.3 is 103 Å². The van der Waals surface area contributed by atoms with Gasteiger partial charge in [-0.2, -0.15) is 0 Å². The number of nitrogens with zero attached hydrogens (tertiary/aromatic N) is 3. The Balaban J connectivity index is 0.602. The standard InChI is InChI=1S/C91H135N7O22S/c1-63-14-9-8-10-15-65(3)84(108-7)59-74-16-13-18-83(118-74)87(102)89(104)98-34-12-11-17-78(98)90(105)120-82(28-19-64(2)55-68(6)80(100)60-79(99)67(5)54-63)77(92)57-69-20-24-73(25-21-69)119-91(106)95-32-37-110-40-42-112-44-46-114-48-50-116-52-51-115-49-47-113-45-43-111-41-39-109-36-31-86(101)94-33-53-121(107)75-26-27-76(66(4)56-75)88(103)97-35-38-117-81-29-22-70(58-72(81)62-97)71-23-30-85(93)96-61-71/h8-10,14-15,22-23,26-27,29-30,55-56,58,61,63-64,67,69,73-74,77-78,80,82-84,100H,11-13,16-21,24-25,28,31-54,57,59-60,62,92H2,1-7H3,(H2,93,96)(H,94,101)(H,95,106)/b10-8+,14-9+,65-15+,68-55+/t63-,64+,67-,69?,73?,74+,77-,78+,80+,82+,83?,84+,121?/m1/s1. The van der Waals surface area contributed by atoms with E-state index >= 15 is 0 Å². The molecule has 4 amide bonds. The van der Waals surface area contributed by atoms with Gasteiger partial charge in [-0.25, -0.2) is 14.6 Å². The van der Waals surface area contributed by atoms with Crippen LogP contribution in [0.4, 0.5) is 10.6 Å². The smallest absolute Gasteiger partial charge is 0.407 e. The van der Waals surface area contributed by atoms with Crippen LogP contribution in [0, 0.1) is 30.6 Å². The number of cyclic esters (lactones) is 1. The van der Waals surface area contributed by atoms with E-state index in [2.05, 4.69) is 28.6 Å². The van der Waals surface area contributed by atoms with Crippen molar-refractivity contribution in [3.63, 3.8) is 0 Å². The molecule has 2 aromatic carbocycles. The zero-order chi connectivity index (χ0) is 86.7. The molecule has 121 heavy (non-hydrogen) atoms. The number of aromatic nitrogens is 1. The number of carbonyl (C=O) groups is 7. The van der Waals surface area contributed by atoms with Crippen LogP contribution < -0.4 is 26.8 Å². The topological polar surface area (TPSA) is 378 Å². The minimum absolute atomic E-state index is 0.00226. The van der Waals surface area contributed by atoms with Gasteiger partial charge in [-0.3, -0.25) is 24.0 Å². The lowest BCUT2D eigenvalue weighted by Crippen LogP contribution is -2.54.